The van der Waals surface area contributed by atoms with Crippen molar-refractivity contribution in [3.8, 4) is 11.5 Å². The van der Waals surface area contributed by atoms with Crippen LogP contribution in [-0.4, -0.2) is 74.4 Å². The van der Waals surface area contributed by atoms with E-state index in [1.54, 1.807) is 16.8 Å². The summed E-state index contributed by atoms with van der Waals surface area (Å²) in [4.78, 5) is 28.4. The minimum atomic E-state index is -3.07. The Morgan fingerprint density at radius 2 is 2.00 bits per heavy atom. The standard InChI is InChI=1S/C19H24N2O6S/c1-20(10-13-2-3-16-17(8-13)27-6-5-26-16)19(23)14-9-18(22)21(11-14)15-4-7-28(24,25)12-15/h2-3,8,14-15H,4-7,9-12H2,1H3. The normalized spacial score (nSPS) is 25.8. The molecule has 2 fully saturated rings. The highest BCUT2D eigenvalue weighted by Gasteiger charge is 2.42. The Labute approximate surface area is 164 Å². The quantitative estimate of drug-likeness (QED) is 0.718. The van der Waals surface area contributed by atoms with E-state index in [-0.39, 0.29) is 35.8 Å². The lowest BCUT2D eigenvalue weighted by molar-refractivity contribution is -0.135. The van der Waals surface area contributed by atoms with Crippen molar-refractivity contribution in [3.63, 3.8) is 0 Å². The Kier molecular flexibility index (Phi) is 4.95. The van der Waals surface area contributed by atoms with Crippen molar-refractivity contribution in [1.82, 2.24) is 9.80 Å². The van der Waals surface area contributed by atoms with Gasteiger partial charge >= 0.3 is 0 Å². The third-order valence-electron chi connectivity index (χ3n) is 5.56. The van der Waals surface area contributed by atoms with Crippen LogP contribution in [0.15, 0.2) is 18.2 Å². The predicted octanol–water partition coefficient (Wildman–Crippen LogP) is 0.452. The monoisotopic (exact) mass is 408 g/mol. The summed E-state index contributed by atoms with van der Waals surface area (Å²) in [5, 5.41) is 0. The molecule has 0 saturated carbocycles. The van der Waals surface area contributed by atoms with E-state index in [4.69, 9.17) is 9.47 Å². The van der Waals surface area contributed by atoms with Crippen molar-refractivity contribution < 1.29 is 27.5 Å². The van der Waals surface area contributed by atoms with Gasteiger partial charge in [0.15, 0.2) is 21.3 Å². The summed E-state index contributed by atoms with van der Waals surface area (Å²) in [6.07, 6.45) is 0.600. The van der Waals surface area contributed by atoms with Crippen molar-refractivity contribution in [2.24, 2.45) is 5.92 Å². The number of ether oxygens (including phenoxy) is 2. The second-order valence-corrected chi connectivity index (χ2v) is 9.91. The number of carbonyl (C=O) groups excluding carboxylic acids is 2. The van der Waals surface area contributed by atoms with Crippen molar-refractivity contribution in [2.45, 2.75) is 25.4 Å². The second-order valence-electron chi connectivity index (χ2n) is 7.68. The number of sulfone groups is 1. The number of carbonyl (C=O) groups is 2. The molecule has 3 heterocycles. The zero-order chi connectivity index (χ0) is 19.9. The number of nitrogens with zero attached hydrogens (tertiary/aromatic N) is 2. The first-order chi connectivity index (χ1) is 13.3. The van der Waals surface area contributed by atoms with Gasteiger partial charge in [-0.2, -0.15) is 0 Å². The Morgan fingerprint density at radius 3 is 2.71 bits per heavy atom. The molecule has 4 rings (SSSR count). The highest BCUT2D eigenvalue weighted by atomic mass is 32.2. The summed E-state index contributed by atoms with van der Waals surface area (Å²) >= 11 is 0. The van der Waals surface area contributed by atoms with Crippen LogP contribution in [0.3, 0.4) is 0 Å². The van der Waals surface area contributed by atoms with Crippen LogP contribution in [0.25, 0.3) is 0 Å². The minimum Gasteiger partial charge on any atom is -0.486 e. The lowest BCUT2D eigenvalue weighted by Gasteiger charge is -2.25. The van der Waals surface area contributed by atoms with Gasteiger partial charge in [0.1, 0.15) is 13.2 Å². The predicted molar refractivity (Wildman–Crippen MR) is 101 cm³/mol. The topological polar surface area (TPSA) is 93.2 Å². The maximum Gasteiger partial charge on any atom is 0.228 e. The van der Waals surface area contributed by atoms with Crippen molar-refractivity contribution >= 4 is 21.7 Å². The number of rotatable bonds is 4. The Bertz CT molecular complexity index is 900. The van der Waals surface area contributed by atoms with E-state index in [0.717, 1.165) is 5.56 Å². The molecule has 0 aliphatic carbocycles. The van der Waals surface area contributed by atoms with Crippen LogP contribution >= 0.6 is 0 Å². The largest absolute Gasteiger partial charge is 0.486 e. The van der Waals surface area contributed by atoms with E-state index < -0.39 is 15.8 Å². The lowest BCUT2D eigenvalue weighted by atomic mass is 10.1. The van der Waals surface area contributed by atoms with Gasteiger partial charge in [0.2, 0.25) is 11.8 Å². The molecular weight excluding hydrogens is 384 g/mol. The van der Waals surface area contributed by atoms with Crippen molar-refractivity contribution in [1.29, 1.82) is 0 Å². The number of fused-ring (bicyclic) bond motifs is 1. The molecule has 9 heteroatoms. The Morgan fingerprint density at radius 1 is 1.25 bits per heavy atom. The van der Waals surface area contributed by atoms with Gasteiger partial charge in [-0.1, -0.05) is 6.07 Å². The van der Waals surface area contributed by atoms with Crippen LogP contribution in [0.1, 0.15) is 18.4 Å². The van der Waals surface area contributed by atoms with Gasteiger partial charge in [-0.25, -0.2) is 8.42 Å². The average molecular weight is 408 g/mol. The zero-order valence-electron chi connectivity index (χ0n) is 15.8. The molecule has 2 saturated heterocycles. The lowest BCUT2D eigenvalue weighted by Crippen LogP contribution is -2.39. The van der Waals surface area contributed by atoms with Gasteiger partial charge in [0.25, 0.3) is 0 Å². The molecule has 1 aromatic rings. The van der Waals surface area contributed by atoms with Gasteiger partial charge in [0, 0.05) is 32.6 Å². The summed E-state index contributed by atoms with van der Waals surface area (Å²) in [6.45, 7) is 1.72. The number of hydrogen-bond acceptors (Lipinski definition) is 6. The molecule has 8 nitrogen and oxygen atoms in total. The SMILES string of the molecule is CN(Cc1ccc2c(c1)OCCO2)C(=O)C1CC(=O)N(C2CCS(=O)(=O)C2)C1. The first kappa shape index (κ1) is 19.0. The third kappa shape index (κ3) is 3.80. The Hall–Kier alpha value is -2.29. The van der Waals surface area contributed by atoms with Crippen molar-refractivity contribution in [2.75, 3.05) is 38.3 Å². The summed E-state index contributed by atoms with van der Waals surface area (Å²) in [5.41, 5.74) is 0.920. The van der Waals surface area contributed by atoms with Crippen LogP contribution in [-0.2, 0) is 26.0 Å². The smallest absolute Gasteiger partial charge is 0.228 e. The van der Waals surface area contributed by atoms with E-state index in [0.29, 0.717) is 44.2 Å². The molecule has 28 heavy (non-hydrogen) atoms. The minimum absolute atomic E-state index is 0.00663. The summed E-state index contributed by atoms with van der Waals surface area (Å²) in [6, 6.07) is 5.31. The molecular formula is C19H24N2O6S. The van der Waals surface area contributed by atoms with Gasteiger partial charge in [-0.15, -0.1) is 0 Å². The molecule has 2 atom stereocenters. The first-order valence-corrected chi connectivity index (χ1v) is 11.3. The second kappa shape index (κ2) is 7.27. The van der Waals surface area contributed by atoms with Crippen LogP contribution in [0.4, 0.5) is 0 Å². The van der Waals surface area contributed by atoms with Gasteiger partial charge < -0.3 is 19.3 Å². The molecule has 1 aromatic carbocycles. The fourth-order valence-corrected chi connectivity index (χ4v) is 5.85. The zero-order valence-corrected chi connectivity index (χ0v) is 16.6. The van der Waals surface area contributed by atoms with Crippen LogP contribution in [0.5, 0.6) is 11.5 Å². The number of hydrogen-bond donors (Lipinski definition) is 0. The van der Waals surface area contributed by atoms with E-state index in [2.05, 4.69) is 0 Å². The maximum atomic E-state index is 12.8. The highest BCUT2D eigenvalue weighted by molar-refractivity contribution is 7.91. The first-order valence-electron chi connectivity index (χ1n) is 9.46. The Balaban J connectivity index is 1.38. The summed E-state index contributed by atoms with van der Waals surface area (Å²) in [7, 11) is -1.36. The van der Waals surface area contributed by atoms with Gasteiger partial charge in [0.05, 0.1) is 17.4 Å². The fourth-order valence-electron chi connectivity index (χ4n) is 4.12. The molecule has 2 unspecified atom stereocenters. The van der Waals surface area contributed by atoms with Crippen LogP contribution in [0.2, 0.25) is 0 Å². The fraction of sp³-hybridized carbons (Fsp3) is 0.579. The maximum absolute atomic E-state index is 12.8. The number of benzene rings is 1. The van der Waals surface area contributed by atoms with Crippen LogP contribution < -0.4 is 9.47 Å². The molecule has 0 N–H and O–H groups in total. The summed E-state index contributed by atoms with van der Waals surface area (Å²) in [5.74, 6) is 0.830. The molecule has 152 valence electrons. The molecule has 0 radical (unpaired) electrons. The molecule has 2 amide bonds. The van der Waals surface area contributed by atoms with E-state index >= 15 is 0 Å². The third-order valence-corrected chi connectivity index (χ3v) is 7.31. The number of amides is 2. The molecule has 0 aromatic heterocycles. The molecule has 0 spiro atoms. The highest BCUT2D eigenvalue weighted by Crippen LogP contribution is 2.32. The van der Waals surface area contributed by atoms with Crippen LogP contribution in [0, 0.1) is 5.92 Å². The molecule has 3 aliphatic heterocycles. The molecule has 3 aliphatic rings. The van der Waals surface area contributed by atoms with E-state index in [9.17, 15) is 18.0 Å². The van der Waals surface area contributed by atoms with E-state index in [1.807, 2.05) is 18.2 Å². The van der Waals surface area contributed by atoms with Gasteiger partial charge in [-0.05, 0) is 24.1 Å². The van der Waals surface area contributed by atoms with Crippen molar-refractivity contribution in [3.05, 3.63) is 23.8 Å². The van der Waals surface area contributed by atoms with Gasteiger partial charge in [-0.3, -0.25) is 9.59 Å². The average Bonchev–Trinajstić information content (AvgIpc) is 3.22. The summed E-state index contributed by atoms with van der Waals surface area (Å²) < 4.78 is 34.5. The number of likely N-dealkylation sites (tertiary alicyclic amines) is 1. The molecule has 0 bridgehead atoms. The van der Waals surface area contributed by atoms with E-state index in [1.165, 1.54) is 0 Å².